The van der Waals surface area contributed by atoms with E-state index in [0.29, 0.717) is 0 Å². The molecule has 14 rings (SSSR count). The van der Waals surface area contributed by atoms with Crippen LogP contribution in [0, 0.1) is 5.92 Å². The van der Waals surface area contributed by atoms with Gasteiger partial charge in [-0.05, 0) is 93.3 Å². The van der Waals surface area contributed by atoms with E-state index in [4.69, 9.17) is 9.98 Å². The maximum absolute atomic E-state index is 5.96. The Labute approximate surface area is 388 Å². The molecular weight excluding hydrogens is 839 g/mol. The fourth-order valence-electron chi connectivity index (χ4n) is 10.6. The molecule has 5 heteroatoms. The van der Waals surface area contributed by atoms with Gasteiger partial charge < -0.3 is 4.57 Å². The molecule has 13 aromatic rings. The minimum Gasteiger partial charge on any atom is -0.309 e. The zero-order chi connectivity index (χ0) is 43.5. The second kappa shape index (κ2) is 14.7. The Balaban J connectivity index is 1.11. The number of fused-ring (bicyclic) bond motifs is 12. The molecule has 1 atom stereocenters. The standard InChI is InChI=1S/C61H39N3S2/c1-36-28-29-51(43-23-12-19-37-14-6-7-20-42(37)43)62-61(46-24-13-27-57-59(46)45-22-9-11-26-56(45)65-57)63-60(36)50-35-58-49(44-21-8-10-25-55(44)66-58)34-54(50)64-52-32-40-17-4-2-15-38(40)30-47(52)48-31-39-16-3-5-18-41(39)33-53(48)64/h2-27,29-36H,28H2,1H3/b51-29+,62-61?,63-60?. The predicted octanol–water partition coefficient (Wildman–Crippen LogP) is 17.3. The maximum atomic E-state index is 5.96. The number of benzene rings is 10. The molecule has 1 aliphatic rings. The number of rotatable bonds is 4. The average Bonchev–Trinajstić information content (AvgIpc) is 4.02. The van der Waals surface area contributed by atoms with Gasteiger partial charge in [0, 0.05) is 73.7 Å². The third kappa shape index (κ3) is 5.80. The first kappa shape index (κ1) is 37.7. The van der Waals surface area contributed by atoms with E-state index in [9.17, 15) is 0 Å². The molecule has 0 amide bonds. The second-order valence-corrected chi connectivity index (χ2v) is 19.9. The van der Waals surface area contributed by atoms with Gasteiger partial charge in [0.2, 0.25) is 0 Å². The van der Waals surface area contributed by atoms with E-state index in [1.807, 2.05) is 22.7 Å². The highest BCUT2D eigenvalue weighted by Gasteiger charge is 2.26. The number of allylic oxidation sites excluding steroid dienone is 1. The molecule has 0 spiro atoms. The lowest BCUT2D eigenvalue weighted by Gasteiger charge is -2.22. The van der Waals surface area contributed by atoms with E-state index in [1.165, 1.54) is 94.5 Å². The molecular formula is C61H39N3S2. The summed E-state index contributed by atoms with van der Waals surface area (Å²) in [6.45, 7) is 2.35. The van der Waals surface area contributed by atoms with Gasteiger partial charge in [0.15, 0.2) is 5.84 Å². The number of nitrogens with zero attached hydrogens (tertiary/aromatic N) is 3. The Morgan fingerprint density at radius 3 is 1.70 bits per heavy atom. The van der Waals surface area contributed by atoms with Gasteiger partial charge in [-0.3, -0.25) is 0 Å². The van der Waals surface area contributed by atoms with Gasteiger partial charge in [-0.25, -0.2) is 9.98 Å². The summed E-state index contributed by atoms with van der Waals surface area (Å²) in [4.78, 5) is 11.7. The van der Waals surface area contributed by atoms with Gasteiger partial charge in [-0.1, -0.05) is 153 Å². The van der Waals surface area contributed by atoms with Gasteiger partial charge in [-0.15, -0.1) is 22.7 Å². The summed E-state index contributed by atoms with van der Waals surface area (Å²) < 4.78 is 7.57. The first-order chi connectivity index (χ1) is 32.6. The van der Waals surface area contributed by atoms with Gasteiger partial charge in [0.05, 0.1) is 28.1 Å². The summed E-state index contributed by atoms with van der Waals surface area (Å²) in [5.74, 6) is 0.769. The number of hydrogen-bond donors (Lipinski definition) is 0. The summed E-state index contributed by atoms with van der Waals surface area (Å²) in [7, 11) is 0. The van der Waals surface area contributed by atoms with Crippen molar-refractivity contribution in [3.05, 3.63) is 217 Å². The Morgan fingerprint density at radius 1 is 0.424 bits per heavy atom. The highest BCUT2D eigenvalue weighted by atomic mass is 32.1. The van der Waals surface area contributed by atoms with E-state index in [2.05, 4.69) is 212 Å². The molecule has 310 valence electrons. The highest BCUT2D eigenvalue weighted by Crippen LogP contribution is 2.44. The quantitative estimate of drug-likeness (QED) is 0.169. The molecule has 0 saturated carbocycles. The summed E-state index contributed by atoms with van der Waals surface area (Å²) in [6.07, 6.45) is 3.13. The smallest absolute Gasteiger partial charge is 0.160 e. The molecule has 3 nitrogen and oxygen atoms in total. The van der Waals surface area contributed by atoms with E-state index in [0.717, 1.165) is 46.0 Å². The molecule has 1 unspecified atom stereocenters. The van der Waals surface area contributed by atoms with Crippen molar-refractivity contribution in [3.63, 3.8) is 0 Å². The van der Waals surface area contributed by atoms with Crippen molar-refractivity contribution in [3.8, 4) is 5.69 Å². The van der Waals surface area contributed by atoms with Crippen molar-refractivity contribution in [2.45, 2.75) is 13.3 Å². The maximum Gasteiger partial charge on any atom is 0.160 e. The summed E-state index contributed by atoms with van der Waals surface area (Å²) >= 11 is 3.70. The molecule has 3 aromatic heterocycles. The summed E-state index contributed by atoms with van der Waals surface area (Å²) in [6, 6.07) is 71.5. The molecule has 10 aromatic carbocycles. The second-order valence-electron chi connectivity index (χ2n) is 17.7. The van der Waals surface area contributed by atoms with E-state index >= 15 is 0 Å². The lowest BCUT2D eigenvalue weighted by Crippen LogP contribution is -2.19. The van der Waals surface area contributed by atoms with Gasteiger partial charge in [0.25, 0.3) is 0 Å². The monoisotopic (exact) mass is 877 g/mol. The first-order valence-corrected chi connectivity index (χ1v) is 24.3. The fraction of sp³-hybridized carbons (Fsp3) is 0.0492. The minimum atomic E-state index is 0.0410. The molecule has 4 heterocycles. The van der Waals surface area contributed by atoms with Crippen LogP contribution in [0.2, 0.25) is 0 Å². The van der Waals surface area contributed by atoms with Crippen molar-refractivity contribution in [2.75, 3.05) is 0 Å². The fourth-order valence-corrected chi connectivity index (χ4v) is 12.9. The molecule has 0 fully saturated rings. The number of thiophene rings is 2. The Kier molecular flexibility index (Phi) is 8.36. The Morgan fingerprint density at radius 2 is 0.970 bits per heavy atom. The van der Waals surface area contributed by atoms with Crippen molar-refractivity contribution < 1.29 is 0 Å². The van der Waals surface area contributed by atoms with Crippen LogP contribution in [0.1, 0.15) is 30.0 Å². The van der Waals surface area contributed by atoms with Crippen LogP contribution in [0.25, 0.3) is 106 Å². The lowest BCUT2D eigenvalue weighted by atomic mass is 9.91. The van der Waals surface area contributed by atoms with E-state index < -0.39 is 0 Å². The zero-order valence-corrected chi connectivity index (χ0v) is 37.6. The third-order valence-corrected chi connectivity index (χ3v) is 16.1. The van der Waals surface area contributed by atoms with Crippen LogP contribution in [-0.4, -0.2) is 16.1 Å². The first-order valence-electron chi connectivity index (χ1n) is 22.7. The van der Waals surface area contributed by atoms with Crippen molar-refractivity contribution in [1.82, 2.24) is 4.57 Å². The molecule has 0 aliphatic carbocycles. The molecule has 0 N–H and O–H groups in total. The number of amidine groups is 1. The number of hydrogen-bond acceptors (Lipinski definition) is 4. The van der Waals surface area contributed by atoms with Gasteiger partial charge in [0.1, 0.15) is 0 Å². The van der Waals surface area contributed by atoms with E-state index in [1.54, 1.807) is 0 Å². The molecule has 0 saturated heterocycles. The van der Waals surface area contributed by atoms with Crippen LogP contribution in [0.5, 0.6) is 0 Å². The summed E-state index contributed by atoms with van der Waals surface area (Å²) in [5, 5.41) is 14.7. The topological polar surface area (TPSA) is 29.6 Å². The van der Waals surface area contributed by atoms with Gasteiger partial charge in [-0.2, -0.15) is 0 Å². The number of aliphatic imine (C=N–C) groups is 2. The minimum absolute atomic E-state index is 0.0410. The molecule has 0 radical (unpaired) electrons. The van der Waals surface area contributed by atoms with Crippen LogP contribution >= 0.6 is 22.7 Å². The highest BCUT2D eigenvalue weighted by molar-refractivity contribution is 7.26. The lowest BCUT2D eigenvalue weighted by molar-refractivity contribution is 0.790. The van der Waals surface area contributed by atoms with Crippen LogP contribution in [0.3, 0.4) is 0 Å². The average molecular weight is 878 g/mol. The Bertz CT molecular complexity index is 4190. The van der Waals surface area contributed by atoms with Crippen molar-refractivity contribution in [2.24, 2.45) is 15.9 Å². The Hall–Kier alpha value is -7.70. The van der Waals surface area contributed by atoms with Crippen molar-refractivity contribution >= 4 is 134 Å². The van der Waals surface area contributed by atoms with Crippen LogP contribution in [0.15, 0.2) is 210 Å². The normalized spacial score (nSPS) is 15.6. The van der Waals surface area contributed by atoms with Crippen LogP contribution in [-0.2, 0) is 0 Å². The van der Waals surface area contributed by atoms with Crippen LogP contribution < -0.4 is 0 Å². The molecule has 0 bridgehead atoms. The SMILES string of the molecule is CC1C/C=C(\c2cccc3ccccc23)N=C(c2cccc3sc4ccccc4c23)N=C1c1cc2sc3ccccc3c2cc1-n1c2cc3ccccc3cc2c2cc3ccccc3cc21. The summed E-state index contributed by atoms with van der Waals surface area (Å²) in [5.41, 5.74) is 8.76. The molecule has 1 aliphatic heterocycles. The van der Waals surface area contributed by atoms with E-state index in [-0.39, 0.29) is 5.92 Å². The van der Waals surface area contributed by atoms with Crippen molar-refractivity contribution in [1.29, 1.82) is 0 Å². The van der Waals surface area contributed by atoms with Gasteiger partial charge >= 0.3 is 0 Å². The zero-order valence-electron chi connectivity index (χ0n) is 36.0. The van der Waals surface area contributed by atoms with Crippen LogP contribution in [0.4, 0.5) is 0 Å². The largest absolute Gasteiger partial charge is 0.309 e. The molecule has 66 heavy (non-hydrogen) atoms. The predicted molar refractivity (Wildman–Crippen MR) is 287 cm³/mol. The number of aromatic nitrogens is 1. The third-order valence-electron chi connectivity index (χ3n) is 13.8.